The molecule has 0 saturated heterocycles. The molecule has 1 heterocycles. The smallest absolute Gasteiger partial charge is 0.266 e. The highest BCUT2D eigenvalue weighted by atomic mass is 35.5. The van der Waals surface area contributed by atoms with Gasteiger partial charge in [-0.25, -0.2) is 5.43 Å². The predicted molar refractivity (Wildman–Crippen MR) is 74.7 cm³/mol. The van der Waals surface area contributed by atoms with Crippen LogP contribution in [0.25, 0.3) is 0 Å². The van der Waals surface area contributed by atoms with E-state index in [1.54, 1.807) is 0 Å². The third kappa shape index (κ3) is 3.45. The van der Waals surface area contributed by atoms with Gasteiger partial charge in [0, 0.05) is 12.6 Å². The van der Waals surface area contributed by atoms with E-state index >= 15 is 0 Å². The second-order valence-corrected chi connectivity index (χ2v) is 4.66. The molecule has 5 nitrogen and oxygen atoms in total. The van der Waals surface area contributed by atoms with Crippen molar-refractivity contribution in [2.75, 3.05) is 0 Å². The monoisotopic (exact) mass is 330 g/mol. The van der Waals surface area contributed by atoms with Gasteiger partial charge in [-0.05, 0) is 6.07 Å². The van der Waals surface area contributed by atoms with Crippen molar-refractivity contribution in [1.29, 1.82) is 0 Å². The molecule has 0 radical (unpaired) electrons. The molecule has 1 N–H and O–H groups in total. The van der Waals surface area contributed by atoms with Crippen molar-refractivity contribution in [3.63, 3.8) is 0 Å². The Labute approximate surface area is 128 Å². The summed E-state index contributed by atoms with van der Waals surface area (Å²) >= 11 is 5.78. The summed E-state index contributed by atoms with van der Waals surface area (Å²) in [5.74, 6) is -0.675. The van der Waals surface area contributed by atoms with Gasteiger partial charge < -0.3 is 0 Å². The fourth-order valence-corrected chi connectivity index (χ4v) is 2.00. The van der Waals surface area contributed by atoms with Crippen molar-refractivity contribution in [2.45, 2.75) is 6.18 Å². The summed E-state index contributed by atoms with van der Waals surface area (Å²) in [6.45, 7) is 0. The van der Waals surface area contributed by atoms with Crippen LogP contribution < -0.4 is 5.43 Å². The third-order valence-electron chi connectivity index (χ3n) is 2.75. The topological polar surface area (TPSA) is 59.3 Å². The van der Waals surface area contributed by atoms with Crippen LogP contribution in [-0.4, -0.2) is 21.9 Å². The Morgan fingerprint density at radius 1 is 1.41 bits per heavy atom. The molecule has 1 amide bonds. The number of rotatable bonds is 3. The Morgan fingerprint density at radius 3 is 2.68 bits per heavy atom. The summed E-state index contributed by atoms with van der Waals surface area (Å²) in [6, 6.07) is 4.89. The average molecular weight is 331 g/mol. The van der Waals surface area contributed by atoms with Crippen LogP contribution in [0.1, 0.15) is 21.6 Å². The molecule has 0 bridgehead atoms. The fourth-order valence-electron chi connectivity index (χ4n) is 1.75. The Hall–Kier alpha value is -2.35. The van der Waals surface area contributed by atoms with E-state index in [4.69, 9.17) is 11.6 Å². The Morgan fingerprint density at radius 2 is 2.09 bits per heavy atom. The van der Waals surface area contributed by atoms with Crippen molar-refractivity contribution in [3.8, 4) is 0 Å². The number of amides is 1. The zero-order chi connectivity index (χ0) is 16.3. The summed E-state index contributed by atoms with van der Waals surface area (Å²) in [6.07, 6.45) is -2.30. The van der Waals surface area contributed by atoms with Crippen LogP contribution in [0.4, 0.5) is 13.2 Å². The molecule has 9 heteroatoms. The number of carbonyl (C=O) groups is 1. The van der Waals surface area contributed by atoms with Gasteiger partial charge in [0.05, 0.1) is 23.0 Å². The minimum absolute atomic E-state index is 0.0583. The van der Waals surface area contributed by atoms with Gasteiger partial charge in [0.1, 0.15) is 5.69 Å². The first-order valence-corrected chi connectivity index (χ1v) is 6.35. The molecule has 0 aliphatic heterocycles. The molecule has 0 fully saturated rings. The van der Waals surface area contributed by atoms with E-state index in [-0.39, 0.29) is 16.3 Å². The lowest BCUT2D eigenvalue weighted by molar-refractivity contribution is -0.137. The Bertz CT molecular complexity index is 705. The number of carbonyl (C=O) groups excluding carboxylic acids is 1. The first kappa shape index (κ1) is 16.0. The molecule has 0 aliphatic carbocycles. The van der Waals surface area contributed by atoms with E-state index in [2.05, 4.69) is 15.6 Å². The molecular formula is C13H10ClF3N4O. The van der Waals surface area contributed by atoms with E-state index in [9.17, 15) is 18.0 Å². The average Bonchev–Trinajstić information content (AvgIpc) is 2.77. The van der Waals surface area contributed by atoms with Crippen LogP contribution in [0, 0.1) is 0 Å². The number of hydrogen-bond donors (Lipinski definition) is 1. The van der Waals surface area contributed by atoms with Gasteiger partial charge in [-0.3, -0.25) is 9.48 Å². The molecule has 2 aromatic rings. The molecule has 1 aromatic carbocycles. The zero-order valence-corrected chi connectivity index (χ0v) is 12.0. The van der Waals surface area contributed by atoms with Gasteiger partial charge in [0.25, 0.3) is 5.91 Å². The van der Waals surface area contributed by atoms with Crippen molar-refractivity contribution in [2.24, 2.45) is 12.1 Å². The highest BCUT2D eigenvalue weighted by Crippen LogP contribution is 2.31. The predicted octanol–water partition coefficient (Wildman–Crippen LogP) is 2.86. The summed E-state index contributed by atoms with van der Waals surface area (Å²) in [7, 11) is 1.50. The van der Waals surface area contributed by atoms with Crippen LogP contribution in [0.3, 0.4) is 0 Å². The van der Waals surface area contributed by atoms with E-state index in [0.29, 0.717) is 0 Å². The minimum atomic E-state index is -4.50. The number of hydrazone groups is 1. The molecule has 0 unspecified atom stereocenters. The van der Waals surface area contributed by atoms with E-state index in [0.717, 1.165) is 12.3 Å². The highest BCUT2D eigenvalue weighted by molar-refractivity contribution is 6.33. The quantitative estimate of drug-likeness (QED) is 0.695. The number of nitrogens with one attached hydrogen (secondary N) is 1. The maximum atomic E-state index is 12.8. The molecule has 2 rings (SSSR count). The van der Waals surface area contributed by atoms with E-state index in [1.165, 1.54) is 36.1 Å². The molecular weight excluding hydrogens is 321 g/mol. The van der Waals surface area contributed by atoms with E-state index < -0.39 is 17.6 Å². The van der Waals surface area contributed by atoms with E-state index in [1.807, 2.05) is 0 Å². The van der Waals surface area contributed by atoms with Crippen LogP contribution >= 0.6 is 11.6 Å². The lowest BCUT2D eigenvalue weighted by atomic mass is 10.1. The van der Waals surface area contributed by atoms with Crippen LogP contribution in [-0.2, 0) is 13.2 Å². The molecule has 0 aliphatic rings. The number of alkyl halides is 3. The summed E-state index contributed by atoms with van der Waals surface area (Å²) in [4.78, 5) is 11.8. The highest BCUT2D eigenvalue weighted by Gasteiger charge is 2.32. The largest absolute Gasteiger partial charge is 0.417 e. The third-order valence-corrected chi connectivity index (χ3v) is 3.02. The number of hydrogen-bond acceptors (Lipinski definition) is 3. The number of halogens is 4. The number of aromatic nitrogens is 2. The van der Waals surface area contributed by atoms with Crippen LogP contribution in [0.5, 0.6) is 0 Å². The minimum Gasteiger partial charge on any atom is -0.266 e. The first-order valence-electron chi connectivity index (χ1n) is 5.98. The summed E-state index contributed by atoms with van der Waals surface area (Å²) < 4.78 is 39.6. The van der Waals surface area contributed by atoms with Gasteiger partial charge in [-0.15, -0.1) is 0 Å². The maximum Gasteiger partial charge on any atom is 0.417 e. The van der Waals surface area contributed by atoms with Gasteiger partial charge in [0.2, 0.25) is 0 Å². The number of nitrogens with zero attached hydrogens (tertiary/aromatic N) is 3. The SMILES string of the molecule is Cn1ncc(Cl)c1C(=O)N/N=C/c1ccccc1C(F)(F)F. The zero-order valence-electron chi connectivity index (χ0n) is 11.2. The van der Waals surface area contributed by atoms with Crippen molar-refractivity contribution < 1.29 is 18.0 Å². The number of benzene rings is 1. The Kier molecular flexibility index (Phi) is 4.51. The maximum absolute atomic E-state index is 12.8. The second kappa shape index (κ2) is 6.18. The van der Waals surface area contributed by atoms with Gasteiger partial charge in [-0.1, -0.05) is 29.8 Å². The summed E-state index contributed by atoms with van der Waals surface area (Å²) in [5.41, 5.74) is 1.17. The Balaban J connectivity index is 2.16. The van der Waals surface area contributed by atoms with Gasteiger partial charge in [0.15, 0.2) is 0 Å². The van der Waals surface area contributed by atoms with Crippen LogP contribution in [0.2, 0.25) is 5.02 Å². The van der Waals surface area contributed by atoms with Crippen molar-refractivity contribution in [1.82, 2.24) is 15.2 Å². The molecule has 1 aromatic heterocycles. The van der Waals surface area contributed by atoms with Gasteiger partial charge in [-0.2, -0.15) is 23.4 Å². The normalized spacial score (nSPS) is 11.9. The number of aryl methyl sites for hydroxylation is 1. The molecule has 0 saturated carbocycles. The lowest BCUT2D eigenvalue weighted by Gasteiger charge is -2.09. The lowest BCUT2D eigenvalue weighted by Crippen LogP contribution is -2.21. The first-order chi connectivity index (χ1) is 10.3. The fraction of sp³-hybridized carbons (Fsp3) is 0.154. The van der Waals surface area contributed by atoms with Crippen molar-refractivity contribution in [3.05, 3.63) is 52.3 Å². The standard InChI is InChI=1S/C13H10ClF3N4O/c1-21-11(10(14)7-19-21)12(22)20-18-6-8-4-2-3-5-9(8)13(15,16)17/h2-7H,1H3,(H,20,22)/b18-6+. The van der Waals surface area contributed by atoms with Crippen molar-refractivity contribution >= 4 is 23.7 Å². The molecule has 116 valence electrons. The molecule has 0 spiro atoms. The molecule has 0 atom stereocenters. The second-order valence-electron chi connectivity index (χ2n) is 4.25. The summed E-state index contributed by atoms with van der Waals surface area (Å²) in [5, 5.41) is 7.42. The van der Waals surface area contributed by atoms with Crippen LogP contribution in [0.15, 0.2) is 35.6 Å². The molecule has 22 heavy (non-hydrogen) atoms. The van der Waals surface area contributed by atoms with Gasteiger partial charge >= 0.3 is 6.18 Å².